The molecular weight excluding hydrogens is 390 g/mol. The molecule has 0 bridgehead atoms. The predicted octanol–water partition coefficient (Wildman–Crippen LogP) is 3.76. The minimum absolute atomic E-state index is 0.0157. The second-order valence-electron chi connectivity index (χ2n) is 7.18. The van der Waals surface area contributed by atoms with Gasteiger partial charge in [0.25, 0.3) is 5.56 Å². The van der Waals surface area contributed by atoms with Crippen LogP contribution in [0.15, 0.2) is 45.2 Å². The molecule has 4 rings (SSSR count). The molecule has 0 spiro atoms. The third-order valence-corrected chi connectivity index (χ3v) is 7.45. The summed E-state index contributed by atoms with van der Waals surface area (Å²) < 4.78 is 1.67. The van der Waals surface area contributed by atoms with Crippen molar-refractivity contribution in [3.8, 4) is 5.69 Å². The summed E-state index contributed by atoms with van der Waals surface area (Å²) in [6.07, 6.45) is 5.19. The van der Waals surface area contributed by atoms with Crippen molar-refractivity contribution < 1.29 is 4.79 Å². The van der Waals surface area contributed by atoms with Crippen molar-refractivity contribution in [2.24, 2.45) is 0 Å². The zero-order valence-electron chi connectivity index (χ0n) is 16.1. The molecule has 1 aromatic heterocycles. The normalized spacial score (nSPS) is 18.9. The number of thioether (sulfide) groups is 2. The zero-order valence-corrected chi connectivity index (χ0v) is 17.7. The SMILES string of the molecule is CC[C@@H]1CCCCN1C(=O)CSc1nc2c(c(=O)n1-c1ccccc1)SCC2. The molecule has 28 heavy (non-hydrogen) atoms. The van der Waals surface area contributed by atoms with Crippen LogP contribution in [0, 0.1) is 0 Å². The van der Waals surface area contributed by atoms with E-state index >= 15 is 0 Å². The molecule has 1 fully saturated rings. The Morgan fingerprint density at radius 1 is 1.29 bits per heavy atom. The van der Waals surface area contributed by atoms with Gasteiger partial charge in [-0.15, -0.1) is 11.8 Å². The van der Waals surface area contributed by atoms with E-state index in [0.29, 0.717) is 17.0 Å². The van der Waals surface area contributed by atoms with Crippen molar-refractivity contribution in [3.05, 3.63) is 46.4 Å². The van der Waals surface area contributed by atoms with Crippen LogP contribution in [0.25, 0.3) is 5.69 Å². The highest BCUT2D eigenvalue weighted by atomic mass is 32.2. The number of rotatable bonds is 5. The van der Waals surface area contributed by atoms with E-state index in [-0.39, 0.29) is 11.5 Å². The van der Waals surface area contributed by atoms with E-state index in [4.69, 9.17) is 4.98 Å². The topological polar surface area (TPSA) is 55.2 Å². The summed E-state index contributed by atoms with van der Waals surface area (Å²) in [4.78, 5) is 33.6. The van der Waals surface area contributed by atoms with Gasteiger partial charge in [-0.05, 0) is 37.8 Å². The van der Waals surface area contributed by atoms with Gasteiger partial charge in [0.2, 0.25) is 5.91 Å². The number of hydrogen-bond acceptors (Lipinski definition) is 5. The van der Waals surface area contributed by atoms with Crippen LogP contribution in [0.1, 0.15) is 38.3 Å². The second-order valence-corrected chi connectivity index (χ2v) is 9.23. The fraction of sp³-hybridized carbons (Fsp3) is 0.476. The van der Waals surface area contributed by atoms with Crippen LogP contribution in [0.5, 0.6) is 0 Å². The first kappa shape index (κ1) is 19.6. The predicted molar refractivity (Wildman–Crippen MR) is 115 cm³/mol. The van der Waals surface area contributed by atoms with E-state index in [2.05, 4.69) is 6.92 Å². The Morgan fingerprint density at radius 2 is 2.11 bits per heavy atom. The van der Waals surface area contributed by atoms with E-state index in [9.17, 15) is 9.59 Å². The van der Waals surface area contributed by atoms with Crippen LogP contribution in [-0.4, -0.2) is 44.5 Å². The molecule has 148 valence electrons. The number of hydrogen-bond donors (Lipinski definition) is 0. The minimum atomic E-state index is -0.0157. The number of likely N-dealkylation sites (tertiary alicyclic amines) is 1. The summed E-state index contributed by atoms with van der Waals surface area (Å²) in [5.41, 5.74) is 1.66. The van der Waals surface area contributed by atoms with Crippen LogP contribution in [0.2, 0.25) is 0 Å². The van der Waals surface area contributed by atoms with Crippen LogP contribution < -0.4 is 5.56 Å². The smallest absolute Gasteiger partial charge is 0.272 e. The minimum Gasteiger partial charge on any atom is -0.339 e. The summed E-state index contributed by atoms with van der Waals surface area (Å²) in [6, 6.07) is 9.95. The Labute approximate surface area is 173 Å². The quantitative estimate of drug-likeness (QED) is 0.550. The zero-order chi connectivity index (χ0) is 19.5. The average Bonchev–Trinajstić information content (AvgIpc) is 3.21. The number of aryl methyl sites for hydroxylation is 1. The molecule has 0 N–H and O–H groups in total. The van der Waals surface area contributed by atoms with Gasteiger partial charge in [-0.2, -0.15) is 0 Å². The van der Waals surface area contributed by atoms with Gasteiger partial charge in [0.05, 0.1) is 22.0 Å². The number of nitrogens with zero attached hydrogens (tertiary/aromatic N) is 3. The maximum Gasteiger partial charge on any atom is 0.272 e. The van der Waals surface area contributed by atoms with Crippen molar-refractivity contribution in [1.29, 1.82) is 0 Å². The monoisotopic (exact) mass is 415 g/mol. The molecule has 1 aromatic carbocycles. The number of piperidine rings is 1. The Balaban J connectivity index is 1.61. The molecule has 0 saturated carbocycles. The lowest BCUT2D eigenvalue weighted by Gasteiger charge is -2.35. The van der Waals surface area contributed by atoms with E-state index in [1.54, 1.807) is 16.3 Å². The standard InChI is InChI=1S/C21H25N3O2S2/c1-2-15-8-6-7-12-23(15)18(25)14-28-21-22-17-11-13-27-19(17)20(26)24(21)16-9-4-3-5-10-16/h3-5,9-10,15H,2,6-8,11-14H2,1H3/t15-/m1/s1. The first-order valence-electron chi connectivity index (χ1n) is 9.95. The highest BCUT2D eigenvalue weighted by Gasteiger charge is 2.27. The third kappa shape index (κ3) is 3.87. The largest absolute Gasteiger partial charge is 0.339 e. The summed E-state index contributed by atoms with van der Waals surface area (Å²) in [7, 11) is 0. The van der Waals surface area contributed by atoms with Crippen molar-refractivity contribution in [3.63, 3.8) is 0 Å². The molecule has 1 amide bonds. The van der Waals surface area contributed by atoms with E-state index in [1.165, 1.54) is 18.2 Å². The lowest BCUT2D eigenvalue weighted by atomic mass is 10.0. The molecule has 0 unspecified atom stereocenters. The fourth-order valence-corrected chi connectivity index (χ4v) is 5.90. The molecule has 3 heterocycles. The average molecular weight is 416 g/mol. The maximum atomic E-state index is 13.1. The Kier molecular flexibility index (Phi) is 6.11. The molecule has 2 aromatic rings. The van der Waals surface area contributed by atoms with Crippen LogP contribution in [0.3, 0.4) is 0 Å². The molecule has 1 atom stereocenters. The Morgan fingerprint density at radius 3 is 2.89 bits per heavy atom. The number of aromatic nitrogens is 2. The van der Waals surface area contributed by atoms with Crippen molar-refractivity contribution in [2.75, 3.05) is 18.1 Å². The second kappa shape index (κ2) is 8.74. The number of para-hydroxylation sites is 1. The molecule has 7 heteroatoms. The van der Waals surface area contributed by atoms with E-state index in [0.717, 1.165) is 54.3 Å². The Bertz CT molecular complexity index is 914. The number of fused-ring (bicyclic) bond motifs is 1. The van der Waals surface area contributed by atoms with Crippen LogP contribution in [-0.2, 0) is 11.2 Å². The van der Waals surface area contributed by atoms with E-state index in [1.807, 2.05) is 35.2 Å². The van der Waals surface area contributed by atoms with Gasteiger partial charge >= 0.3 is 0 Å². The lowest BCUT2D eigenvalue weighted by Crippen LogP contribution is -2.44. The third-order valence-electron chi connectivity index (χ3n) is 5.42. The van der Waals surface area contributed by atoms with Crippen LogP contribution in [0.4, 0.5) is 0 Å². The van der Waals surface area contributed by atoms with Gasteiger partial charge in [-0.1, -0.05) is 36.9 Å². The van der Waals surface area contributed by atoms with Crippen LogP contribution >= 0.6 is 23.5 Å². The first-order valence-corrected chi connectivity index (χ1v) is 11.9. The fourth-order valence-electron chi connectivity index (χ4n) is 3.96. The molecule has 0 aliphatic carbocycles. The number of carbonyl (C=O) groups is 1. The van der Waals surface area contributed by atoms with Gasteiger partial charge in [0.15, 0.2) is 5.16 Å². The number of benzene rings is 1. The van der Waals surface area contributed by atoms with Crippen molar-refractivity contribution in [2.45, 2.75) is 55.1 Å². The molecule has 2 aliphatic heterocycles. The first-order chi connectivity index (χ1) is 13.7. The maximum absolute atomic E-state index is 13.1. The molecular formula is C21H25N3O2S2. The molecule has 5 nitrogen and oxygen atoms in total. The number of carbonyl (C=O) groups excluding carboxylic acids is 1. The molecule has 1 saturated heterocycles. The van der Waals surface area contributed by atoms with Gasteiger partial charge < -0.3 is 4.90 Å². The number of amides is 1. The van der Waals surface area contributed by atoms with Crippen molar-refractivity contribution in [1.82, 2.24) is 14.5 Å². The van der Waals surface area contributed by atoms with Crippen molar-refractivity contribution >= 4 is 29.4 Å². The molecule has 2 aliphatic rings. The highest BCUT2D eigenvalue weighted by Crippen LogP contribution is 2.30. The summed E-state index contributed by atoms with van der Waals surface area (Å²) in [5, 5.41) is 0.621. The summed E-state index contributed by atoms with van der Waals surface area (Å²) in [5.74, 6) is 1.37. The molecule has 0 radical (unpaired) electrons. The summed E-state index contributed by atoms with van der Waals surface area (Å²) >= 11 is 2.97. The van der Waals surface area contributed by atoms with Gasteiger partial charge in [-0.25, -0.2) is 4.98 Å². The van der Waals surface area contributed by atoms with Gasteiger partial charge in [0, 0.05) is 24.8 Å². The summed E-state index contributed by atoms with van der Waals surface area (Å²) in [6.45, 7) is 2.99. The van der Waals surface area contributed by atoms with E-state index < -0.39 is 0 Å². The Hall–Kier alpha value is -1.73. The van der Waals surface area contributed by atoms with Gasteiger partial charge in [0.1, 0.15) is 0 Å². The highest BCUT2D eigenvalue weighted by molar-refractivity contribution is 8.00. The lowest BCUT2D eigenvalue weighted by molar-refractivity contribution is -0.132. The van der Waals surface area contributed by atoms with Gasteiger partial charge in [-0.3, -0.25) is 14.2 Å².